The highest BCUT2D eigenvalue weighted by molar-refractivity contribution is 6.33. The third-order valence-corrected chi connectivity index (χ3v) is 3.83. The van der Waals surface area contributed by atoms with E-state index in [1.807, 2.05) is 31.2 Å². The van der Waals surface area contributed by atoms with E-state index in [-0.39, 0.29) is 12.3 Å². The smallest absolute Gasteiger partial charge is 0.337 e. The molecule has 0 radical (unpaired) electrons. The van der Waals surface area contributed by atoms with Crippen LogP contribution in [0, 0.1) is 6.92 Å². The van der Waals surface area contributed by atoms with Gasteiger partial charge in [0.1, 0.15) is 5.75 Å². The molecule has 0 bridgehead atoms. The van der Waals surface area contributed by atoms with Crippen molar-refractivity contribution in [3.63, 3.8) is 0 Å². The summed E-state index contributed by atoms with van der Waals surface area (Å²) in [7, 11) is 1.29. The number of hydrogen-bond donors (Lipinski definition) is 1. The zero-order valence-electron chi connectivity index (χ0n) is 14.2. The van der Waals surface area contributed by atoms with Gasteiger partial charge in [-0.1, -0.05) is 29.3 Å². The van der Waals surface area contributed by atoms with Gasteiger partial charge in [0.15, 0.2) is 0 Å². The summed E-state index contributed by atoms with van der Waals surface area (Å²) in [5.41, 5.74) is 1.87. The Kier molecular flexibility index (Phi) is 6.83. The molecular formula is C19H20ClNO4. The summed E-state index contributed by atoms with van der Waals surface area (Å²) in [4.78, 5) is 23.6. The van der Waals surface area contributed by atoms with Crippen LogP contribution < -0.4 is 10.1 Å². The first-order chi connectivity index (χ1) is 12.0. The van der Waals surface area contributed by atoms with Crippen molar-refractivity contribution in [3.05, 3.63) is 58.6 Å². The summed E-state index contributed by atoms with van der Waals surface area (Å²) in [6.07, 6.45) is 0.846. The number of methoxy groups -OCH3 is 1. The van der Waals surface area contributed by atoms with E-state index < -0.39 is 5.97 Å². The van der Waals surface area contributed by atoms with E-state index in [2.05, 4.69) is 10.1 Å². The predicted octanol–water partition coefficient (Wildman–Crippen LogP) is 4.23. The topological polar surface area (TPSA) is 64.6 Å². The Morgan fingerprint density at radius 3 is 2.52 bits per heavy atom. The molecule has 6 heteroatoms. The van der Waals surface area contributed by atoms with Gasteiger partial charge in [0.05, 0.1) is 30.0 Å². The molecule has 0 spiro atoms. The van der Waals surface area contributed by atoms with Crippen LogP contribution in [-0.2, 0) is 9.53 Å². The van der Waals surface area contributed by atoms with Crippen LogP contribution in [0.25, 0.3) is 0 Å². The molecule has 132 valence electrons. The third kappa shape index (κ3) is 5.80. The van der Waals surface area contributed by atoms with Gasteiger partial charge in [-0.25, -0.2) is 4.79 Å². The molecule has 5 nitrogen and oxygen atoms in total. The van der Waals surface area contributed by atoms with Crippen LogP contribution in [0.1, 0.15) is 28.8 Å². The van der Waals surface area contributed by atoms with E-state index in [9.17, 15) is 9.59 Å². The molecule has 1 amide bonds. The third-order valence-electron chi connectivity index (χ3n) is 3.50. The van der Waals surface area contributed by atoms with Crippen molar-refractivity contribution >= 4 is 29.2 Å². The largest absolute Gasteiger partial charge is 0.494 e. The van der Waals surface area contributed by atoms with E-state index in [1.165, 1.54) is 13.2 Å². The Morgan fingerprint density at radius 1 is 1.12 bits per heavy atom. The maximum absolute atomic E-state index is 12.0. The van der Waals surface area contributed by atoms with Crippen LogP contribution in [0.4, 0.5) is 5.69 Å². The van der Waals surface area contributed by atoms with Gasteiger partial charge in [-0.2, -0.15) is 0 Å². The van der Waals surface area contributed by atoms with Crippen LogP contribution in [-0.4, -0.2) is 25.6 Å². The fourth-order valence-electron chi connectivity index (χ4n) is 2.14. The second-order valence-electron chi connectivity index (χ2n) is 5.50. The monoisotopic (exact) mass is 361 g/mol. The normalized spacial score (nSPS) is 10.2. The van der Waals surface area contributed by atoms with E-state index in [1.54, 1.807) is 12.1 Å². The number of amides is 1. The van der Waals surface area contributed by atoms with Gasteiger partial charge in [0, 0.05) is 6.42 Å². The molecule has 2 aromatic rings. The van der Waals surface area contributed by atoms with Crippen molar-refractivity contribution in [2.24, 2.45) is 0 Å². The minimum absolute atomic E-state index is 0.198. The number of aryl methyl sites for hydroxylation is 1. The summed E-state index contributed by atoms with van der Waals surface area (Å²) in [6.45, 7) is 2.45. The van der Waals surface area contributed by atoms with Crippen LogP contribution >= 0.6 is 11.6 Å². The first kappa shape index (κ1) is 18.8. The Morgan fingerprint density at radius 2 is 1.84 bits per heavy atom. The summed E-state index contributed by atoms with van der Waals surface area (Å²) in [5, 5.41) is 3.06. The second-order valence-corrected chi connectivity index (χ2v) is 5.91. The SMILES string of the molecule is COC(=O)c1ccc(Cl)c(NC(=O)CCCOc2ccc(C)cc2)c1. The molecule has 2 aromatic carbocycles. The number of benzene rings is 2. The fourth-order valence-corrected chi connectivity index (χ4v) is 2.30. The van der Waals surface area contributed by atoms with E-state index in [4.69, 9.17) is 16.3 Å². The highest BCUT2D eigenvalue weighted by Gasteiger charge is 2.11. The molecule has 0 saturated heterocycles. The Hall–Kier alpha value is -2.53. The summed E-state index contributed by atoms with van der Waals surface area (Å²) < 4.78 is 10.2. The van der Waals surface area contributed by atoms with Crippen molar-refractivity contribution in [1.82, 2.24) is 0 Å². The summed E-state index contributed by atoms with van der Waals surface area (Å²) >= 11 is 6.05. The van der Waals surface area contributed by atoms with E-state index in [0.29, 0.717) is 29.3 Å². The fraction of sp³-hybridized carbons (Fsp3) is 0.263. The number of anilines is 1. The zero-order chi connectivity index (χ0) is 18.2. The van der Waals surface area contributed by atoms with Crippen molar-refractivity contribution in [3.8, 4) is 5.75 Å². The number of rotatable bonds is 7. The van der Waals surface area contributed by atoms with Crippen molar-refractivity contribution < 1.29 is 19.1 Å². The van der Waals surface area contributed by atoms with Gasteiger partial charge >= 0.3 is 5.97 Å². The van der Waals surface area contributed by atoms with Gasteiger partial charge in [-0.3, -0.25) is 4.79 Å². The van der Waals surface area contributed by atoms with E-state index >= 15 is 0 Å². The molecule has 1 N–H and O–H groups in total. The lowest BCUT2D eigenvalue weighted by Gasteiger charge is -2.09. The number of nitrogens with one attached hydrogen (secondary N) is 1. The Bertz CT molecular complexity index is 744. The molecule has 0 aliphatic rings. The Labute approximate surface area is 151 Å². The minimum Gasteiger partial charge on any atom is -0.494 e. The van der Waals surface area contributed by atoms with E-state index in [0.717, 1.165) is 11.3 Å². The number of carbonyl (C=O) groups excluding carboxylic acids is 2. The lowest BCUT2D eigenvalue weighted by atomic mass is 10.2. The molecule has 0 saturated carbocycles. The maximum Gasteiger partial charge on any atom is 0.337 e. The molecule has 0 fully saturated rings. The van der Waals surface area contributed by atoms with Gasteiger partial charge < -0.3 is 14.8 Å². The first-order valence-corrected chi connectivity index (χ1v) is 8.24. The van der Waals surface area contributed by atoms with Crippen molar-refractivity contribution in [2.45, 2.75) is 19.8 Å². The summed E-state index contributed by atoms with van der Waals surface area (Å²) in [6, 6.07) is 12.3. The maximum atomic E-state index is 12.0. The average molecular weight is 362 g/mol. The molecule has 2 rings (SSSR count). The molecule has 0 aliphatic heterocycles. The number of ether oxygens (including phenoxy) is 2. The second kappa shape index (κ2) is 9.08. The van der Waals surface area contributed by atoms with Crippen LogP contribution in [0.2, 0.25) is 5.02 Å². The highest BCUT2D eigenvalue weighted by atomic mass is 35.5. The first-order valence-electron chi connectivity index (χ1n) is 7.87. The van der Waals surface area contributed by atoms with Crippen LogP contribution in [0.5, 0.6) is 5.75 Å². The van der Waals surface area contributed by atoms with Crippen LogP contribution in [0.15, 0.2) is 42.5 Å². The van der Waals surface area contributed by atoms with Gasteiger partial charge in [0.25, 0.3) is 0 Å². The molecule has 0 aliphatic carbocycles. The van der Waals surface area contributed by atoms with Crippen LogP contribution in [0.3, 0.4) is 0 Å². The molecule has 25 heavy (non-hydrogen) atoms. The highest BCUT2D eigenvalue weighted by Crippen LogP contribution is 2.23. The molecular weight excluding hydrogens is 342 g/mol. The number of halogens is 1. The predicted molar refractivity (Wildman–Crippen MR) is 97.3 cm³/mol. The lowest BCUT2D eigenvalue weighted by molar-refractivity contribution is -0.116. The lowest BCUT2D eigenvalue weighted by Crippen LogP contribution is -2.14. The minimum atomic E-state index is -0.487. The van der Waals surface area contributed by atoms with Gasteiger partial charge in [-0.05, 0) is 43.7 Å². The summed E-state index contributed by atoms with van der Waals surface area (Å²) in [5.74, 6) is 0.0925. The zero-order valence-corrected chi connectivity index (χ0v) is 14.9. The van der Waals surface area contributed by atoms with Crippen molar-refractivity contribution in [1.29, 1.82) is 0 Å². The quantitative estimate of drug-likeness (QED) is 0.592. The average Bonchev–Trinajstić information content (AvgIpc) is 2.61. The molecule has 0 atom stereocenters. The number of carbonyl (C=O) groups is 2. The molecule has 0 aromatic heterocycles. The van der Waals surface area contributed by atoms with Gasteiger partial charge in [0.2, 0.25) is 5.91 Å². The molecule has 0 heterocycles. The standard InChI is InChI=1S/C19H20ClNO4/c1-13-5-8-15(9-6-13)25-11-3-4-18(22)21-17-12-14(19(23)24-2)7-10-16(17)20/h5-10,12H,3-4,11H2,1-2H3,(H,21,22). The van der Waals surface area contributed by atoms with Crippen molar-refractivity contribution in [2.75, 3.05) is 19.0 Å². The molecule has 0 unspecified atom stereocenters. The number of esters is 1. The number of hydrogen-bond acceptors (Lipinski definition) is 4. The Balaban J connectivity index is 1.81. The van der Waals surface area contributed by atoms with Gasteiger partial charge in [-0.15, -0.1) is 0 Å².